The van der Waals surface area contributed by atoms with Gasteiger partial charge in [0.1, 0.15) is 0 Å². The maximum atomic E-state index is 12.4. The van der Waals surface area contributed by atoms with Gasteiger partial charge in [-0.3, -0.25) is 9.78 Å². The second kappa shape index (κ2) is 4.97. The van der Waals surface area contributed by atoms with E-state index in [0.29, 0.717) is 13.2 Å². The van der Waals surface area contributed by atoms with E-state index in [1.807, 2.05) is 37.4 Å². The highest BCUT2D eigenvalue weighted by Gasteiger charge is 2.27. The molecule has 1 aromatic carbocycles. The van der Waals surface area contributed by atoms with Gasteiger partial charge in [0, 0.05) is 25.2 Å². The van der Waals surface area contributed by atoms with Crippen molar-refractivity contribution in [2.24, 2.45) is 5.92 Å². The topological polar surface area (TPSA) is 42.4 Å². The molecule has 1 aromatic heterocycles. The Balaban J connectivity index is 1.97. The van der Waals surface area contributed by atoms with Crippen molar-refractivity contribution in [1.82, 2.24) is 4.98 Å². The molecule has 2 heterocycles. The molecule has 0 aliphatic carbocycles. The van der Waals surface area contributed by atoms with E-state index in [2.05, 4.69) is 4.98 Å². The van der Waals surface area contributed by atoms with Crippen LogP contribution in [0, 0.1) is 5.92 Å². The number of benzene rings is 1. The van der Waals surface area contributed by atoms with E-state index in [1.54, 1.807) is 11.1 Å². The molecule has 19 heavy (non-hydrogen) atoms. The lowest BCUT2D eigenvalue weighted by atomic mass is 10.1. The molecular weight excluding hydrogens is 240 g/mol. The third-order valence-electron chi connectivity index (χ3n) is 3.59. The first-order chi connectivity index (χ1) is 9.27. The zero-order chi connectivity index (χ0) is 13.2. The SMILES string of the molecule is CN(C(=O)C1CCOC1)c1cccc2ncccc12. The molecule has 1 aliphatic rings. The van der Waals surface area contributed by atoms with E-state index >= 15 is 0 Å². The molecule has 0 radical (unpaired) electrons. The van der Waals surface area contributed by atoms with Crippen LogP contribution in [0.2, 0.25) is 0 Å². The van der Waals surface area contributed by atoms with Crippen LogP contribution in [-0.4, -0.2) is 31.2 Å². The Morgan fingerprint density at radius 1 is 1.37 bits per heavy atom. The van der Waals surface area contributed by atoms with Crippen LogP contribution in [-0.2, 0) is 9.53 Å². The Labute approximate surface area is 112 Å². The number of hydrogen-bond acceptors (Lipinski definition) is 3. The second-order valence-electron chi connectivity index (χ2n) is 4.80. The van der Waals surface area contributed by atoms with Crippen molar-refractivity contribution >= 4 is 22.5 Å². The van der Waals surface area contributed by atoms with E-state index in [9.17, 15) is 4.79 Å². The molecule has 1 amide bonds. The molecular formula is C15H16N2O2. The molecule has 2 aromatic rings. The highest BCUT2D eigenvalue weighted by Crippen LogP contribution is 2.26. The third kappa shape index (κ3) is 2.19. The average Bonchev–Trinajstić information content (AvgIpc) is 2.99. The van der Waals surface area contributed by atoms with E-state index in [4.69, 9.17) is 4.74 Å². The number of hydrogen-bond donors (Lipinski definition) is 0. The minimum atomic E-state index is -0.0167. The lowest BCUT2D eigenvalue weighted by molar-refractivity contribution is -0.122. The molecule has 98 valence electrons. The van der Waals surface area contributed by atoms with Gasteiger partial charge in [0.05, 0.1) is 23.7 Å². The number of anilines is 1. The largest absolute Gasteiger partial charge is 0.381 e. The van der Waals surface area contributed by atoms with Gasteiger partial charge in [0.25, 0.3) is 0 Å². The maximum absolute atomic E-state index is 12.4. The van der Waals surface area contributed by atoms with E-state index < -0.39 is 0 Å². The number of carbonyl (C=O) groups is 1. The van der Waals surface area contributed by atoms with Crippen LogP contribution in [0.25, 0.3) is 10.9 Å². The van der Waals surface area contributed by atoms with Crippen molar-refractivity contribution in [3.05, 3.63) is 36.5 Å². The number of nitrogens with zero attached hydrogens (tertiary/aromatic N) is 2. The molecule has 1 saturated heterocycles. The summed E-state index contributed by atoms with van der Waals surface area (Å²) in [5, 5.41) is 1.000. The summed E-state index contributed by atoms with van der Waals surface area (Å²) >= 11 is 0. The maximum Gasteiger partial charge on any atom is 0.232 e. The summed E-state index contributed by atoms with van der Waals surface area (Å²) in [6.07, 6.45) is 2.57. The van der Waals surface area contributed by atoms with Crippen LogP contribution in [0.1, 0.15) is 6.42 Å². The quantitative estimate of drug-likeness (QED) is 0.827. The Kier molecular flexibility index (Phi) is 3.17. The number of amides is 1. The first-order valence-electron chi connectivity index (χ1n) is 6.46. The summed E-state index contributed by atoms with van der Waals surface area (Å²) < 4.78 is 5.29. The summed E-state index contributed by atoms with van der Waals surface area (Å²) in [5.41, 5.74) is 1.81. The van der Waals surface area contributed by atoms with Crippen LogP contribution in [0.4, 0.5) is 5.69 Å². The van der Waals surface area contributed by atoms with E-state index in [-0.39, 0.29) is 11.8 Å². The molecule has 0 bridgehead atoms. The summed E-state index contributed by atoms with van der Waals surface area (Å²) in [5.74, 6) is 0.103. The van der Waals surface area contributed by atoms with Crippen LogP contribution < -0.4 is 4.90 Å². The number of fused-ring (bicyclic) bond motifs is 1. The molecule has 1 fully saturated rings. The lowest BCUT2D eigenvalue weighted by Gasteiger charge is -2.21. The fourth-order valence-corrected chi connectivity index (χ4v) is 2.50. The fraction of sp³-hybridized carbons (Fsp3) is 0.333. The molecule has 0 N–H and O–H groups in total. The summed E-state index contributed by atoms with van der Waals surface area (Å²) in [7, 11) is 1.82. The van der Waals surface area contributed by atoms with Crippen molar-refractivity contribution in [3.63, 3.8) is 0 Å². The van der Waals surface area contributed by atoms with Gasteiger partial charge < -0.3 is 9.64 Å². The van der Waals surface area contributed by atoms with Gasteiger partial charge in [0.2, 0.25) is 5.91 Å². The van der Waals surface area contributed by atoms with Crippen LogP contribution in [0.3, 0.4) is 0 Å². The summed E-state index contributed by atoms with van der Waals surface area (Å²) in [6, 6.07) is 9.72. The van der Waals surface area contributed by atoms with Gasteiger partial charge >= 0.3 is 0 Å². The first kappa shape index (κ1) is 12.1. The summed E-state index contributed by atoms with van der Waals surface area (Å²) in [4.78, 5) is 18.5. The molecule has 1 unspecified atom stereocenters. The molecule has 4 heteroatoms. The van der Waals surface area contributed by atoms with Gasteiger partial charge in [-0.25, -0.2) is 0 Å². The lowest BCUT2D eigenvalue weighted by Crippen LogP contribution is -2.33. The van der Waals surface area contributed by atoms with E-state index in [1.165, 1.54) is 0 Å². The van der Waals surface area contributed by atoms with Crippen molar-refractivity contribution < 1.29 is 9.53 Å². The molecule has 3 rings (SSSR count). The van der Waals surface area contributed by atoms with Gasteiger partial charge in [-0.2, -0.15) is 0 Å². The van der Waals surface area contributed by atoms with Gasteiger partial charge in [-0.05, 0) is 30.7 Å². The fourth-order valence-electron chi connectivity index (χ4n) is 2.50. The molecule has 0 saturated carbocycles. The number of carbonyl (C=O) groups excluding carboxylic acids is 1. The Hall–Kier alpha value is -1.94. The van der Waals surface area contributed by atoms with Crippen LogP contribution in [0.5, 0.6) is 0 Å². The number of aromatic nitrogens is 1. The number of rotatable bonds is 2. The highest BCUT2D eigenvalue weighted by atomic mass is 16.5. The first-order valence-corrected chi connectivity index (χ1v) is 6.46. The van der Waals surface area contributed by atoms with Crippen molar-refractivity contribution in [2.45, 2.75) is 6.42 Å². The normalized spacial score (nSPS) is 18.7. The molecule has 4 nitrogen and oxygen atoms in total. The van der Waals surface area contributed by atoms with Crippen LogP contribution >= 0.6 is 0 Å². The Morgan fingerprint density at radius 2 is 2.26 bits per heavy atom. The van der Waals surface area contributed by atoms with Crippen molar-refractivity contribution in [2.75, 3.05) is 25.2 Å². The van der Waals surface area contributed by atoms with E-state index in [0.717, 1.165) is 23.0 Å². The highest BCUT2D eigenvalue weighted by molar-refractivity contribution is 6.03. The minimum Gasteiger partial charge on any atom is -0.381 e. The molecule has 1 atom stereocenters. The predicted octanol–water partition coefficient (Wildman–Crippen LogP) is 2.23. The van der Waals surface area contributed by atoms with Crippen molar-refractivity contribution in [1.29, 1.82) is 0 Å². The zero-order valence-electron chi connectivity index (χ0n) is 10.9. The standard InChI is InChI=1S/C15H16N2O2/c1-17(15(18)11-7-9-19-10-11)14-6-2-5-13-12(14)4-3-8-16-13/h2-6,8,11H,7,9-10H2,1H3. The summed E-state index contributed by atoms with van der Waals surface area (Å²) in [6.45, 7) is 1.22. The average molecular weight is 256 g/mol. The smallest absolute Gasteiger partial charge is 0.232 e. The third-order valence-corrected chi connectivity index (χ3v) is 3.59. The second-order valence-corrected chi connectivity index (χ2v) is 4.80. The number of ether oxygens (including phenoxy) is 1. The molecule has 0 spiro atoms. The molecule has 1 aliphatic heterocycles. The van der Waals surface area contributed by atoms with Crippen LogP contribution in [0.15, 0.2) is 36.5 Å². The van der Waals surface area contributed by atoms with Gasteiger partial charge in [0.15, 0.2) is 0 Å². The Bertz CT molecular complexity index is 601. The number of pyridine rings is 1. The zero-order valence-corrected chi connectivity index (χ0v) is 10.9. The minimum absolute atomic E-state index is 0.0167. The predicted molar refractivity (Wildman–Crippen MR) is 74.1 cm³/mol. The monoisotopic (exact) mass is 256 g/mol. The van der Waals surface area contributed by atoms with Gasteiger partial charge in [-0.15, -0.1) is 0 Å². The van der Waals surface area contributed by atoms with Crippen molar-refractivity contribution in [3.8, 4) is 0 Å². The van der Waals surface area contributed by atoms with Gasteiger partial charge in [-0.1, -0.05) is 6.07 Å². The Morgan fingerprint density at radius 3 is 3.05 bits per heavy atom.